The topological polar surface area (TPSA) is 40.5 Å². The van der Waals surface area contributed by atoms with Crippen LogP contribution in [0.15, 0.2) is 65.2 Å². The van der Waals surface area contributed by atoms with E-state index in [0.29, 0.717) is 29.4 Å². The van der Waals surface area contributed by atoms with Crippen LogP contribution < -0.4 is 4.90 Å². The van der Waals surface area contributed by atoms with Crippen molar-refractivity contribution < 1.29 is 9.90 Å². The van der Waals surface area contributed by atoms with E-state index in [0.717, 1.165) is 23.9 Å². The number of aromatic carboxylic acids is 1. The summed E-state index contributed by atoms with van der Waals surface area (Å²) in [5, 5.41) is 9.77. The zero-order valence-electron chi connectivity index (χ0n) is 16.0. The molecule has 0 unspecified atom stereocenters. The summed E-state index contributed by atoms with van der Waals surface area (Å²) in [5.41, 5.74) is 5.51. The van der Waals surface area contributed by atoms with Gasteiger partial charge in [0.05, 0.1) is 11.6 Å². The molecule has 2 aliphatic carbocycles. The van der Waals surface area contributed by atoms with Crippen molar-refractivity contribution in [2.45, 2.75) is 30.7 Å². The summed E-state index contributed by atoms with van der Waals surface area (Å²) in [5.74, 6) is 0.782. The number of hydrogen-bond donors (Lipinski definition) is 1. The van der Waals surface area contributed by atoms with Crippen LogP contribution in [0.25, 0.3) is 0 Å². The van der Waals surface area contributed by atoms with E-state index in [-0.39, 0.29) is 5.92 Å². The highest BCUT2D eigenvalue weighted by Gasteiger charge is 2.48. The van der Waals surface area contributed by atoms with Crippen LogP contribution in [0.3, 0.4) is 0 Å². The predicted molar refractivity (Wildman–Crippen MR) is 118 cm³/mol. The Morgan fingerprint density at radius 3 is 2.45 bits per heavy atom. The second-order valence-corrected chi connectivity index (χ2v) is 9.68. The Balaban J connectivity index is 1.59. The van der Waals surface area contributed by atoms with Gasteiger partial charge in [-0.2, -0.15) is 0 Å². The standard InChI is InChI=1S/C25H22BrNO2/c26-17-9-7-14(8-10-17)23-20-6-2-5-19(20)22-12-16(25(28)29)11-21-18-4-1-3-15(18)13-27(23)24(21)22/h1-2,4-5,7-12,15,18-20,23H,3,6,13H2,(H,28,29)/t15-,18-,19-,20+,23+/m1/s1. The van der Waals surface area contributed by atoms with Crippen LogP contribution >= 0.6 is 15.9 Å². The Hall–Kier alpha value is -2.33. The summed E-state index contributed by atoms with van der Waals surface area (Å²) in [7, 11) is 0. The van der Waals surface area contributed by atoms with Crippen molar-refractivity contribution in [1.82, 2.24) is 0 Å². The average molecular weight is 448 g/mol. The Labute approximate surface area is 178 Å². The molecule has 0 bridgehead atoms. The molecule has 0 saturated heterocycles. The van der Waals surface area contributed by atoms with Gasteiger partial charge < -0.3 is 10.0 Å². The maximum Gasteiger partial charge on any atom is 0.335 e. The maximum absolute atomic E-state index is 11.9. The lowest BCUT2D eigenvalue weighted by atomic mass is 9.70. The van der Waals surface area contributed by atoms with Crippen LogP contribution in [0.5, 0.6) is 0 Å². The quantitative estimate of drug-likeness (QED) is 0.570. The SMILES string of the molecule is O=C(O)c1cc2c3c(c1)[C@@H]1C=CC[C@@H]1[C@H](c1ccc(Br)cc1)N3C[C@H]1CC=C[C@@H]21. The number of fused-ring (bicyclic) bond motifs is 4. The lowest BCUT2D eigenvalue weighted by Crippen LogP contribution is -2.46. The molecule has 146 valence electrons. The van der Waals surface area contributed by atoms with Crippen molar-refractivity contribution in [2.24, 2.45) is 11.8 Å². The van der Waals surface area contributed by atoms with E-state index in [4.69, 9.17) is 0 Å². The van der Waals surface area contributed by atoms with Crippen molar-refractivity contribution in [3.63, 3.8) is 0 Å². The largest absolute Gasteiger partial charge is 0.478 e. The lowest BCUT2D eigenvalue weighted by molar-refractivity contribution is 0.0696. The third kappa shape index (κ3) is 2.51. The monoisotopic (exact) mass is 447 g/mol. The summed E-state index contributed by atoms with van der Waals surface area (Å²) in [6, 6.07) is 13.0. The van der Waals surface area contributed by atoms with Crippen molar-refractivity contribution in [1.29, 1.82) is 0 Å². The third-order valence-corrected chi connectivity index (χ3v) is 7.84. The third-order valence-electron chi connectivity index (χ3n) is 7.31. The van der Waals surface area contributed by atoms with Crippen molar-refractivity contribution >= 4 is 27.6 Å². The number of hydrogen-bond acceptors (Lipinski definition) is 2. The highest BCUT2D eigenvalue weighted by atomic mass is 79.9. The molecule has 0 radical (unpaired) electrons. The van der Waals surface area contributed by atoms with Crippen LogP contribution in [-0.4, -0.2) is 17.6 Å². The normalized spacial score (nSPS) is 30.8. The van der Waals surface area contributed by atoms with Crippen molar-refractivity contribution in [3.05, 3.63) is 87.4 Å². The number of anilines is 1. The minimum absolute atomic E-state index is 0.287. The van der Waals surface area contributed by atoms with Gasteiger partial charge in [-0.25, -0.2) is 4.79 Å². The van der Waals surface area contributed by atoms with Crippen LogP contribution in [0.1, 0.15) is 57.8 Å². The van der Waals surface area contributed by atoms with Gasteiger partial charge in [0.1, 0.15) is 0 Å². The molecule has 29 heavy (non-hydrogen) atoms. The molecule has 5 atom stereocenters. The molecular weight excluding hydrogens is 426 g/mol. The Kier molecular flexibility index (Phi) is 3.83. The summed E-state index contributed by atoms with van der Waals surface area (Å²) in [4.78, 5) is 14.5. The Morgan fingerprint density at radius 2 is 1.69 bits per heavy atom. The van der Waals surface area contributed by atoms with Gasteiger partial charge >= 0.3 is 5.97 Å². The van der Waals surface area contributed by atoms with Gasteiger partial charge in [-0.15, -0.1) is 0 Å². The fourth-order valence-corrected chi connectivity index (χ4v) is 6.40. The molecule has 0 spiro atoms. The van der Waals surface area contributed by atoms with E-state index < -0.39 is 5.97 Å². The zero-order chi connectivity index (χ0) is 19.7. The molecule has 4 heteroatoms. The number of rotatable bonds is 2. The summed E-state index contributed by atoms with van der Waals surface area (Å²) in [6.45, 7) is 1.04. The van der Waals surface area contributed by atoms with E-state index >= 15 is 0 Å². The van der Waals surface area contributed by atoms with Gasteiger partial charge in [-0.1, -0.05) is 52.4 Å². The molecule has 1 N–H and O–H groups in total. The number of carboxylic acid groups (broad SMARTS) is 1. The molecule has 0 aromatic heterocycles. The first-order valence-electron chi connectivity index (χ1n) is 10.4. The molecule has 2 aromatic rings. The molecule has 2 aliphatic heterocycles. The number of carbonyl (C=O) groups is 1. The highest BCUT2D eigenvalue weighted by Crippen LogP contribution is 2.58. The first-order chi connectivity index (χ1) is 14.1. The molecule has 4 aliphatic rings. The molecule has 2 heterocycles. The summed E-state index contributed by atoms with van der Waals surface area (Å²) in [6.07, 6.45) is 11.3. The van der Waals surface area contributed by atoms with Crippen LogP contribution in [0.2, 0.25) is 0 Å². The average Bonchev–Trinajstić information content (AvgIpc) is 3.38. The fourth-order valence-electron chi connectivity index (χ4n) is 6.14. The minimum atomic E-state index is -0.826. The number of benzene rings is 2. The molecule has 2 aromatic carbocycles. The number of nitrogens with zero attached hydrogens (tertiary/aromatic N) is 1. The van der Waals surface area contributed by atoms with Gasteiger partial charge in [0.15, 0.2) is 0 Å². The number of allylic oxidation sites excluding steroid dienone is 4. The fraction of sp³-hybridized carbons (Fsp3) is 0.320. The minimum Gasteiger partial charge on any atom is -0.478 e. The summed E-state index contributed by atoms with van der Waals surface area (Å²) < 4.78 is 1.10. The second kappa shape index (κ2) is 6.33. The van der Waals surface area contributed by atoms with E-state index in [1.165, 1.54) is 22.4 Å². The molecule has 3 nitrogen and oxygen atoms in total. The maximum atomic E-state index is 11.9. The highest BCUT2D eigenvalue weighted by molar-refractivity contribution is 9.10. The van der Waals surface area contributed by atoms with Crippen LogP contribution in [-0.2, 0) is 0 Å². The van der Waals surface area contributed by atoms with E-state index in [1.54, 1.807) is 0 Å². The van der Waals surface area contributed by atoms with Gasteiger partial charge in [-0.05, 0) is 65.6 Å². The predicted octanol–water partition coefficient (Wildman–Crippen LogP) is 6.04. The second-order valence-electron chi connectivity index (χ2n) is 8.76. The molecule has 0 fully saturated rings. The van der Waals surface area contributed by atoms with Gasteiger partial charge in [0, 0.05) is 28.5 Å². The lowest BCUT2D eigenvalue weighted by Gasteiger charge is -2.51. The molecule has 6 rings (SSSR count). The van der Waals surface area contributed by atoms with Crippen LogP contribution in [0.4, 0.5) is 5.69 Å². The van der Waals surface area contributed by atoms with Crippen molar-refractivity contribution in [2.75, 3.05) is 11.4 Å². The van der Waals surface area contributed by atoms with E-state index in [2.05, 4.69) is 69.4 Å². The number of halogens is 1. The van der Waals surface area contributed by atoms with Crippen LogP contribution in [0, 0.1) is 11.8 Å². The Morgan fingerprint density at radius 1 is 1.00 bits per heavy atom. The first kappa shape index (κ1) is 17.5. The first-order valence-corrected chi connectivity index (χ1v) is 11.2. The zero-order valence-corrected chi connectivity index (χ0v) is 17.5. The summed E-state index contributed by atoms with van der Waals surface area (Å²) >= 11 is 3.58. The van der Waals surface area contributed by atoms with Gasteiger partial charge in [-0.3, -0.25) is 0 Å². The smallest absolute Gasteiger partial charge is 0.335 e. The Bertz CT molecular complexity index is 1050. The van der Waals surface area contributed by atoms with Crippen molar-refractivity contribution in [3.8, 4) is 0 Å². The molecule has 0 saturated carbocycles. The molecular formula is C25H22BrNO2. The van der Waals surface area contributed by atoms with E-state index in [9.17, 15) is 9.90 Å². The van der Waals surface area contributed by atoms with E-state index in [1.807, 2.05) is 12.1 Å². The molecule has 0 amide bonds. The number of carboxylic acids is 1. The van der Waals surface area contributed by atoms with Gasteiger partial charge in [0.2, 0.25) is 0 Å². The van der Waals surface area contributed by atoms with Gasteiger partial charge in [0.25, 0.3) is 0 Å².